The maximum Gasteiger partial charge on any atom is 0.257 e. The fraction of sp³-hybridized carbons (Fsp3) is 0.375. The molecular formula is C16H18N4O3S2. The van der Waals surface area contributed by atoms with E-state index in [1.165, 1.54) is 28.0 Å². The Kier molecular flexibility index (Phi) is 5.54. The van der Waals surface area contributed by atoms with E-state index in [0.717, 1.165) is 30.8 Å². The first kappa shape index (κ1) is 17.7. The van der Waals surface area contributed by atoms with Crippen LogP contribution < -0.4 is 10.1 Å². The van der Waals surface area contributed by atoms with Gasteiger partial charge in [0.15, 0.2) is 4.34 Å². The lowest BCUT2D eigenvalue weighted by Crippen LogP contribution is -2.23. The number of hydrogen-bond donors (Lipinski definition) is 1. The average Bonchev–Trinajstić information content (AvgIpc) is 3.06. The van der Waals surface area contributed by atoms with Crippen LogP contribution >= 0.6 is 23.1 Å². The van der Waals surface area contributed by atoms with Gasteiger partial charge in [-0.2, -0.15) is 0 Å². The third kappa shape index (κ3) is 4.49. The molecule has 1 aromatic carbocycles. The van der Waals surface area contributed by atoms with E-state index in [4.69, 9.17) is 4.74 Å². The molecule has 0 radical (unpaired) electrons. The molecule has 1 aliphatic heterocycles. The Morgan fingerprint density at radius 3 is 3.00 bits per heavy atom. The van der Waals surface area contributed by atoms with Crippen LogP contribution in [-0.4, -0.2) is 53.4 Å². The van der Waals surface area contributed by atoms with Crippen molar-refractivity contribution in [3.8, 4) is 5.75 Å². The minimum atomic E-state index is -0.231. The number of hydrogen-bond acceptors (Lipinski definition) is 7. The average molecular weight is 378 g/mol. The minimum absolute atomic E-state index is 0.00191. The molecule has 0 atom stereocenters. The van der Waals surface area contributed by atoms with Gasteiger partial charge in [-0.15, -0.1) is 10.2 Å². The molecule has 3 rings (SSSR count). The molecular weight excluding hydrogens is 360 g/mol. The highest BCUT2D eigenvalue weighted by atomic mass is 32.2. The third-order valence-electron chi connectivity index (χ3n) is 3.62. The van der Waals surface area contributed by atoms with E-state index >= 15 is 0 Å². The van der Waals surface area contributed by atoms with Gasteiger partial charge in [-0.25, -0.2) is 0 Å². The number of aryl methyl sites for hydroxylation is 1. The van der Waals surface area contributed by atoms with Gasteiger partial charge in [0, 0.05) is 19.7 Å². The SMILES string of the molecule is CN(C)C(=O)CSc1nnc(NC(=O)c2ccc3c(c2)CCCO3)s1. The Labute approximate surface area is 153 Å². The number of ether oxygens (including phenoxy) is 1. The fourth-order valence-corrected chi connectivity index (χ4v) is 3.97. The molecule has 2 aromatic rings. The fourth-order valence-electron chi connectivity index (χ4n) is 2.24. The summed E-state index contributed by atoms with van der Waals surface area (Å²) in [6, 6.07) is 5.43. The first-order valence-corrected chi connectivity index (χ1v) is 9.56. The molecule has 25 heavy (non-hydrogen) atoms. The number of thioether (sulfide) groups is 1. The van der Waals surface area contributed by atoms with Crippen molar-refractivity contribution < 1.29 is 14.3 Å². The summed E-state index contributed by atoms with van der Waals surface area (Å²) in [5, 5.41) is 11.1. The molecule has 0 saturated heterocycles. The normalized spacial score (nSPS) is 12.9. The lowest BCUT2D eigenvalue weighted by molar-refractivity contribution is -0.125. The van der Waals surface area contributed by atoms with Gasteiger partial charge in [0.1, 0.15) is 5.75 Å². The quantitative estimate of drug-likeness (QED) is 0.635. The lowest BCUT2D eigenvalue weighted by Gasteiger charge is -2.17. The number of carbonyl (C=O) groups excluding carboxylic acids is 2. The Balaban J connectivity index is 1.61. The second-order valence-electron chi connectivity index (χ2n) is 5.68. The molecule has 7 nitrogen and oxygen atoms in total. The van der Waals surface area contributed by atoms with Gasteiger partial charge in [-0.3, -0.25) is 14.9 Å². The lowest BCUT2D eigenvalue weighted by atomic mass is 10.0. The minimum Gasteiger partial charge on any atom is -0.493 e. The zero-order valence-electron chi connectivity index (χ0n) is 13.9. The number of aromatic nitrogens is 2. The van der Waals surface area contributed by atoms with E-state index in [2.05, 4.69) is 15.5 Å². The van der Waals surface area contributed by atoms with Crippen LogP contribution in [0.5, 0.6) is 5.75 Å². The van der Waals surface area contributed by atoms with Gasteiger partial charge in [0.2, 0.25) is 11.0 Å². The zero-order valence-corrected chi connectivity index (χ0v) is 15.6. The van der Waals surface area contributed by atoms with Gasteiger partial charge in [0.25, 0.3) is 5.91 Å². The van der Waals surface area contributed by atoms with Gasteiger partial charge in [-0.1, -0.05) is 23.1 Å². The zero-order chi connectivity index (χ0) is 17.8. The molecule has 1 aliphatic rings. The Morgan fingerprint density at radius 1 is 1.36 bits per heavy atom. The molecule has 1 N–H and O–H groups in total. The van der Waals surface area contributed by atoms with E-state index < -0.39 is 0 Å². The molecule has 0 spiro atoms. The van der Waals surface area contributed by atoms with Gasteiger partial charge in [0.05, 0.1) is 12.4 Å². The summed E-state index contributed by atoms with van der Waals surface area (Å²) >= 11 is 2.56. The standard InChI is InChI=1S/C16H18N4O3S2/c1-20(2)13(21)9-24-16-19-18-15(25-16)17-14(22)11-5-6-12-10(8-11)4-3-7-23-12/h5-6,8H,3-4,7,9H2,1-2H3,(H,17,18,22). The number of benzene rings is 1. The second-order valence-corrected chi connectivity index (χ2v) is 7.88. The number of carbonyl (C=O) groups is 2. The highest BCUT2D eigenvalue weighted by Crippen LogP contribution is 2.28. The molecule has 132 valence electrons. The smallest absolute Gasteiger partial charge is 0.257 e. The maximum atomic E-state index is 12.4. The van der Waals surface area contributed by atoms with E-state index in [1.54, 1.807) is 20.2 Å². The highest BCUT2D eigenvalue weighted by Gasteiger charge is 2.16. The number of rotatable bonds is 5. The van der Waals surface area contributed by atoms with E-state index in [9.17, 15) is 9.59 Å². The summed E-state index contributed by atoms with van der Waals surface area (Å²) < 4.78 is 6.20. The Bertz CT molecular complexity index is 791. The molecule has 9 heteroatoms. The van der Waals surface area contributed by atoms with E-state index in [0.29, 0.717) is 20.8 Å². The van der Waals surface area contributed by atoms with Crippen molar-refractivity contribution in [1.82, 2.24) is 15.1 Å². The van der Waals surface area contributed by atoms with Crippen LogP contribution in [0.15, 0.2) is 22.5 Å². The molecule has 0 bridgehead atoms. The van der Waals surface area contributed by atoms with Crippen LogP contribution in [0, 0.1) is 0 Å². The molecule has 2 amide bonds. The van der Waals surface area contributed by atoms with Crippen molar-refractivity contribution in [2.24, 2.45) is 0 Å². The number of amides is 2. The summed E-state index contributed by atoms with van der Waals surface area (Å²) in [5.74, 6) is 0.913. The van der Waals surface area contributed by atoms with Crippen LogP contribution in [0.2, 0.25) is 0 Å². The molecule has 0 saturated carbocycles. The van der Waals surface area contributed by atoms with Gasteiger partial charge in [-0.05, 0) is 36.6 Å². The molecule has 0 unspecified atom stereocenters. The summed E-state index contributed by atoms with van der Waals surface area (Å²) in [7, 11) is 3.41. The summed E-state index contributed by atoms with van der Waals surface area (Å²) in [6.45, 7) is 0.722. The molecule has 2 heterocycles. The number of nitrogens with one attached hydrogen (secondary N) is 1. The van der Waals surface area contributed by atoms with Crippen LogP contribution in [0.25, 0.3) is 0 Å². The monoisotopic (exact) mass is 378 g/mol. The van der Waals surface area contributed by atoms with Crippen LogP contribution in [0.4, 0.5) is 5.13 Å². The topological polar surface area (TPSA) is 84.4 Å². The van der Waals surface area contributed by atoms with Gasteiger partial charge >= 0.3 is 0 Å². The summed E-state index contributed by atoms with van der Waals surface area (Å²) in [4.78, 5) is 25.5. The first-order valence-electron chi connectivity index (χ1n) is 7.76. The first-order chi connectivity index (χ1) is 12.0. The van der Waals surface area contributed by atoms with Crippen molar-refractivity contribution in [3.05, 3.63) is 29.3 Å². The van der Waals surface area contributed by atoms with Crippen molar-refractivity contribution in [1.29, 1.82) is 0 Å². The third-order valence-corrected chi connectivity index (χ3v) is 5.57. The Morgan fingerprint density at radius 2 is 2.20 bits per heavy atom. The van der Waals surface area contributed by atoms with Crippen LogP contribution in [0.3, 0.4) is 0 Å². The van der Waals surface area contributed by atoms with Crippen molar-refractivity contribution in [2.45, 2.75) is 17.2 Å². The van der Waals surface area contributed by atoms with Crippen LogP contribution in [-0.2, 0) is 11.2 Å². The molecule has 0 fully saturated rings. The van der Waals surface area contributed by atoms with Gasteiger partial charge < -0.3 is 9.64 Å². The highest BCUT2D eigenvalue weighted by molar-refractivity contribution is 8.01. The number of nitrogens with zero attached hydrogens (tertiary/aromatic N) is 3. The molecule has 1 aromatic heterocycles. The van der Waals surface area contributed by atoms with E-state index in [1.807, 2.05) is 12.1 Å². The van der Waals surface area contributed by atoms with E-state index in [-0.39, 0.29) is 11.8 Å². The van der Waals surface area contributed by atoms with Crippen molar-refractivity contribution in [3.63, 3.8) is 0 Å². The summed E-state index contributed by atoms with van der Waals surface area (Å²) in [6.07, 6.45) is 1.87. The second kappa shape index (κ2) is 7.83. The Hall–Kier alpha value is -2.13. The van der Waals surface area contributed by atoms with Crippen molar-refractivity contribution >= 4 is 40.0 Å². The maximum absolute atomic E-state index is 12.4. The number of fused-ring (bicyclic) bond motifs is 1. The van der Waals surface area contributed by atoms with Crippen LogP contribution in [0.1, 0.15) is 22.3 Å². The largest absolute Gasteiger partial charge is 0.493 e. The summed E-state index contributed by atoms with van der Waals surface area (Å²) in [5.41, 5.74) is 1.62. The predicted molar refractivity (Wildman–Crippen MR) is 97.5 cm³/mol. The molecule has 0 aliphatic carbocycles. The van der Waals surface area contributed by atoms with Crippen molar-refractivity contribution in [2.75, 3.05) is 31.8 Å². The predicted octanol–water partition coefficient (Wildman–Crippen LogP) is 2.30. The number of anilines is 1.